The molecule has 0 amide bonds. The number of carbonyl (C=O) groups is 2. The van der Waals surface area contributed by atoms with Crippen molar-refractivity contribution in [3.05, 3.63) is 39.5 Å². The monoisotopic (exact) mass is 413 g/mol. The number of benzene rings is 1. The fraction of sp³-hybridized carbons (Fsp3) is 0.471. The number of ether oxygens (including phenoxy) is 2. The molecule has 1 aliphatic heterocycles. The van der Waals surface area contributed by atoms with Crippen LogP contribution in [0, 0.1) is 5.21 Å². The summed E-state index contributed by atoms with van der Waals surface area (Å²) in [4.78, 5) is 30.9. The van der Waals surface area contributed by atoms with Crippen molar-refractivity contribution >= 4 is 33.6 Å². The van der Waals surface area contributed by atoms with Gasteiger partial charge in [0.05, 0.1) is 13.2 Å². The molecule has 25 heavy (non-hydrogen) atoms. The Hall–Kier alpha value is -2.09. The van der Waals surface area contributed by atoms with Crippen LogP contribution >= 0.6 is 15.9 Å². The lowest BCUT2D eigenvalue weighted by Crippen LogP contribution is -2.54. The van der Waals surface area contributed by atoms with E-state index < -0.39 is 23.5 Å². The van der Waals surface area contributed by atoms with E-state index in [1.54, 1.807) is 45.0 Å². The maximum Gasteiger partial charge on any atom is 0.341 e. The minimum atomic E-state index is -2.19. The van der Waals surface area contributed by atoms with Gasteiger partial charge in [-0.1, -0.05) is 35.0 Å². The predicted molar refractivity (Wildman–Crippen MR) is 92.9 cm³/mol. The molecule has 1 aliphatic rings. The van der Waals surface area contributed by atoms with E-state index in [0.29, 0.717) is 12.0 Å². The van der Waals surface area contributed by atoms with Gasteiger partial charge in [-0.2, -0.15) is 0 Å². The van der Waals surface area contributed by atoms with Crippen LogP contribution in [0.15, 0.2) is 28.7 Å². The van der Waals surface area contributed by atoms with Crippen LogP contribution in [0.3, 0.4) is 0 Å². The average molecular weight is 414 g/mol. The molecule has 1 aromatic carbocycles. The van der Waals surface area contributed by atoms with Gasteiger partial charge < -0.3 is 14.3 Å². The van der Waals surface area contributed by atoms with Crippen LogP contribution in [-0.4, -0.2) is 41.4 Å². The molecule has 0 radical (unpaired) electrons. The lowest BCUT2D eigenvalue weighted by molar-refractivity contribution is -0.745. The van der Waals surface area contributed by atoms with Crippen molar-refractivity contribution in [3.63, 3.8) is 0 Å². The van der Waals surface area contributed by atoms with Crippen molar-refractivity contribution in [2.24, 2.45) is 0 Å². The zero-order valence-corrected chi connectivity index (χ0v) is 15.9. The molecule has 0 aromatic heterocycles. The number of halogens is 1. The van der Waals surface area contributed by atoms with E-state index in [1.165, 1.54) is 0 Å². The van der Waals surface area contributed by atoms with Gasteiger partial charge in [-0.15, -0.1) is 0 Å². The highest BCUT2D eigenvalue weighted by atomic mass is 79.9. The smallest absolute Gasteiger partial charge is 0.341 e. The van der Waals surface area contributed by atoms with Crippen molar-refractivity contribution in [2.45, 2.75) is 38.7 Å². The topological polar surface area (TPSA) is 87.9 Å². The summed E-state index contributed by atoms with van der Waals surface area (Å²) < 4.78 is 10.9. The molecule has 0 fully saturated rings. The Morgan fingerprint density at radius 2 is 1.68 bits per heavy atom. The first-order valence-electron chi connectivity index (χ1n) is 8.04. The second kappa shape index (κ2) is 7.86. The zero-order valence-electron chi connectivity index (χ0n) is 14.3. The summed E-state index contributed by atoms with van der Waals surface area (Å²) in [6, 6.07) is 6.97. The third-order valence-electron chi connectivity index (χ3n) is 3.92. The van der Waals surface area contributed by atoms with Gasteiger partial charge in [0.15, 0.2) is 0 Å². The molecule has 8 heteroatoms. The van der Waals surface area contributed by atoms with Crippen molar-refractivity contribution in [1.82, 2.24) is 0 Å². The van der Waals surface area contributed by atoms with Crippen molar-refractivity contribution in [3.8, 4) is 0 Å². The lowest BCUT2D eigenvalue weighted by Gasteiger charge is -2.30. The molecule has 0 bridgehead atoms. The molecule has 0 saturated heterocycles. The van der Waals surface area contributed by atoms with Gasteiger partial charge >= 0.3 is 11.9 Å². The minimum Gasteiger partial charge on any atom is -0.464 e. The summed E-state index contributed by atoms with van der Waals surface area (Å²) in [5.41, 5.74) is -1.35. The summed E-state index contributed by atoms with van der Waals surface area (Å²) >= 11 is 3.34. The molecule has 7 nitrogen and oxygen atoms in total. The minimum absolute atomic E-state index is 0.0384. The largest absolute Gasteiger partial charge is 0.464 e. The van der Waals surface area contributed by atoms with Crippen LogP contribution in [-0.2, 0) is 23.9 Å². The van der Waals surface area contributed by atoms with Gasteiger partial charge in [-0.3, -0.25) is 5.21 Å². The van der Waals surface area contributed by atoms with E-state index in [2.05, 4.69) is 15.9 Å². The van der Waals surface area contributed by atoms with E-state index in [9.17, 15) is 14.8 Å². The summed E-state index contributed by atoms with van der Waals surface area (Å²) in [6.45, 7) is 5.05. The highest BCUT2D eigenvalue weighted by molar-refractivity contribution is 9.10. The SMILES string of the molecule is CCOC(=O)C1(C(=O)OCC)O[N+]([O-])=C(CC)[C@@H]1c1ccc(Br)cc1. The Morgan fingerprint density at radius 1 is 1.16 bits per heavy atom. The normalized spacial score (nSPS) is 18.6. The van der Waals surface area contributed by atoms with Gasteiger partial charge in [-0.05, 0) is 31.5 Å². The summed E-state index contributed by atoms with van der Waals surface area (Å²) in [7, 11) is 0. The van der Waals surface area contributed by atoms with Crippen molar-refractivity contribution < 1.29 is 28.8 Å². The van der Waals surface area contributed by atoms with Gasteiger partial charge in [0.25, 0.3) is 5.60 Å². The molecule has 0 aliphatic carbocycles. The van der Waals surface area contributed by atoms with Gasteiger partial charge in [-0.25, -0.2) is 9.59 Å². The van der Waals surface area contributed by atoms with Gasteiger partial charge in [0.2, 0.25) is 5.71 Å². The highest BCUT2D eigenvalue weighted by Gasteiger charge is 2.64. The Labute approximate surface area is 154 Å². The third kappa shape index (κ3) is 3.35. The summed E-state index contributed by atoms with van der Waals surface area (Å²) in [5.74, 6) is -2.81. The fourth-order valence-electron chi connectivity index (χ4n) is 2.87. The van der Waals surface area contributed by atoms with E-state index in [1.807, 2.05) is 0 Å². The van der Waals surface area contributed by atoms with Gasteiger partial charge in [0, 0.05) is 15.8 Å². The van der Waals surface area contributed by atoms with Crippen LogP contribution in [0.5, 0.6) is 0 Å². The molecule has 0 saturated carbocycles. The third-order valence-corrected chi connectivity index (χ3v) is 4.45. The van der Waals surface area contributed by atoms with Gasteiger partial charge in [0.1, 0.15) is 5.92 Å². The standard InChI is InChI=1S/C17H20BrNO6/c1-4-13-14(11-7-9-12(18)10-8-11)17(25-19(13)22,15(20)23-5-2)16(21)24-6-3/h7-10,14H,4-6H2,1-3H3/t14-/m0/s1. The number of carbonyl (C=O) groups excluding carboxylic acids is 2. The molecular weight excluding hydrogens is 394 g/mol. The Kier molecular flexibility index (Phi) is 6.05. The molecule has 2 rings (SSSR count). The molecule has 0 spiro atoms. The first-order chi connectivity index (χ1) is 11.9. The van der Waals surface area contributed by atoms with Crippen LogP contribution in [0.4, 0.5) is 0 Å². The molecule has 0 N–H and O–H groups in total. The Morgan fingerprint density at radius 3 is 2.12 bits per heavy atom. The maximum absolute atomic E-state index is 12.7. The quantitative estimate of drug-likeness (QED) is 0.404. The molecule has 1 atom stereocenters. The molecule has 1 heterocycles. The predicted octanol–water partition coefficient (Wildman–Crippen LogP) is 2.70. The second-order valence-corrected chi connectivity index (χ2v) is 6.27. The fourth-order valence-corrected chi connectivity index (χ4v) is 3.13. The maximum atomic E-state index is 12.7. The first-order valence-corrected chi connectivity index (χ1v) is 8.83. The van der Waals surface area contributed by atoms with E-state index in [0.717, 1.165) is 4.47 Å². The second-order valence-electron chi connectivity index (χ2n) is 5.35. The zero-order chi connectivity index (χ0) is 18.6. The number of nitrogens with zero attached hydrogens (tertiary/aromatic N) is 1. The van der Waals surface area contributed by atoms with Crippen LogP contribution in [0.25, 0.3) is 0 Å². The van der Waals surface area contributed by atoms with Crippen LogP contribution < -0.4 is 0 Å². The average Bonchev–Trinajstić information content (AvgIpc) is 2.89. The van der Waals surface area contributed by atoms with E-state index in [-0.39, 0.29) is 23.8 Å². The van der Waals surface area contributed by atoms with Crippen LogP contribution in [0.2, 0.25) is 0 Å². The number of hydrogen-bond donors (Lipinski definition) is 0. The number of hydrogen-bond acceptors (Lipinski definition) is 6. The lowest BCUT2D eigenvalue weighted by atomic mass is 9.78. The Bertz CT molecular complexity index is 667. The molecule has 0 unspecified atom stereocenters. The highest BCUT2D eigenvalue weighted by Crippen LogP contribution is 2.41. The summed E-state index contributed by atoms with van der Waals surface area (Å²) in [5, 5.41) is 12.3. The number of rotatable bonds is 6. The Balaban J connectivity index is 2.64. The number of esters is 2. The molecule has 136 valence electrons. The van der Waals surface area contributed by atoms with Crippen molar-refractivity contribution in [2.75, 3.05) is 13.2 Å². The van der Waals surface area contributed by atoms with E-state index in [4.69, 9.17) is 14.3 Å². The van der Waals surface area contributed by atoms with Crippen LogP contribution in [0.1, 0.15) is 38.7 Å². The molecule has 1 aromatic rings. The van der Waals surface area contributed by atoms with Crippen molar-refractivity contribution in [1.29, 1.82) is 0 Å². The summed E-state index contributed by atoms with van der Waals surface area (Å²) in [6.07, 6.45) is 0.296. The first kappa shape index (κ1) is 19.2. The molecular formula is C17H20BrNO6. The van der Waals surface area contributed by atoms with E-state index >= 15 is 0 Å².